The molecule has 7 aliphatic rings. The van der Waals surface area contributed by atoms with E-state index in [0.29, 0.717) is 74.8 Å². The third kappa shape index (κ3) is 5.81. The quantitative estimate of drug-likeness (QED) is 0.337. The van der Waals surface area contributed by atoms with Crippen molar-refractivity contribution in [3.05, 3.63) is 29.3 Å². The highest BCUT2D eigenvalue weighted by Crippen LogP contribution is 2.62. The molecule has 0 unspecified atom stereocenters. The fraction of sp³-hybridized carbons (Fsp3) is 0.657. The number of benzene rings is 1. The van der Waals surface area contributed by atoms with Gasteiger partial charge in [0, 0.05) is 23.9 Å². The summed E-state index contributed by atoms with van der Waals surface area (Å²) >= 11 is 1.20. The Kier molecular flexibility index (Phi) is 8.03. The first-order chi connectivity index (χ1) is 23.4. The molecular formula is C35H40F3N5O5S. The lowest BCUT2D eigenvalue weighted by Crippen LogP contribution is -2.66. The number of para-hydroxylation sites is 1. The Morgan fingerprint density at radius 1 is 0.980 bits per heavy atom. The van der Waals surface area contributed by atoms with E-state index in [1.165, 1.54) is 16.2 Å². The number of carbonyl (C=O) groups excluding carboxylic acids is 5. The lowest BCUT2D eigenvalue weighted by molar-refractivity contribution is -0.179. The van der Waals surface area contributed by atoms with Gasteiger partial charge in [0.25, 0.3) is 0 Å². The molecule has 0 radical (unpaired) electrons. The molecule has 2 aliphatic heterocycles. The predicted octanol–water partition coefficient (Wildman–Crippen LogP) is 4.13. The maximum absolute atomic E-state index is 14.7. The van der Waals surface area contributed by atoms with Gasteiger partial charge in [0.1, 0.15) is 12.1 Å². The Hall–Kier alpha value is -3.55. The molecule has 4 amide bonds. The number of piperidine rings is 1. The maximum Gasteiger partial charge on any atom is 0.471 e. The molecule has 0 spiro atoms. The van der Waals surface area contributed by atoms with Crippen LogP contribution in [0.2, 0.25) is 0 Å². The number of thiazole rings is 1. The first kappa shape index (κ1) is 32.6. The van der Waals surface area contributed by atoms with Gasteiger partial charge < -0.3 is 20.9 Å². The minimum absolute atomic E-state index is 0.0542. The number of halogens is 3. The summed E-state index contributed by atoms with van der Waals surface area (Å²) in [6.07, 6.45) is 1.90. The molecule has 7 fully saturated rings. The van der Waals surface area contributed by atoms with Crippen LogP contribution in [-0.4, -0.2) is 76.2 Å². The standard InChI is InChI=1S/C35H40F3N5O5S/c36-35(37,38)33(48)42-28(34-14-17-9-18(15-34)11-19(10-17)16-34)32(47)43-22-6-5-20(12-22)26(43)30(46)40-24(13-21-7-8-39-29(21)45)27(44)31-41-23-3-1-2-4-25(23)49-31/h1-4,17-22,24,26,28H,5-16H2,(H,39,45)(H,40,46)(H,42,48)/t17?,18?,19?,20-,21-,22+,24-,26-,28+,34?/m0/s1. The summed E-state index contributed by atoms with van der Waals surface area (Å²) < 4.78 is 42.0. The summed E-state index contributed by atoms with van der Waals surface area (Å²) in [7, 11) is 0. The smallest absolute Gasteiger partial charge is 0.356 e. The number of fused-ring (bicyclic) bond motifs is 3. The van der Waals surface area contributed by atoms with Crippen LogP contribution in [0.1, 0.15) is 80.4 Å². The number of carbonyl (C=O) groups is 5. The molecule has 6 bridgehead atoms. The highest BCUT2D eigenvalue weighted by Gasteiger charge is 2.61. The van der Waals surface area contributed by atoms with Crippen molar-refractivity contribution in [2.24, 2.45) is 35.0 Å². The molecule has 2 aromatic rings. The number of amides is 4. The molecule has 5 aliphatic carbocycles. The Bertz CT molecular complexity index is 1640. The number of hydrogen-bond acceptors (Lipinski definition) is 7. The van der Waals surface area contributed by atoms with Crippen LogP contribution in [0.3, 0.4) is 0 Å². The van der Waals surface area contributed by atoms with Crippen molar-refractivity contribution in [3.8, 4) is 0 Å². The highest BCUT2D eigenvalue weighted by atomic mass is 32.1. The van der Waals surface area contributed by atoms with Crippen LogP contribution >= 0.6 is 11.3 Å². The van der Waals surface area contributed by atoms with Gasteiger partial charge in [-0.2, -0.15) is 13.2 Å². The molecule has 1 aromatic carbocycles. The number of hydrogen-bond donors (Lipinski definition) is 3. The van der Waals surface area contributed by atoms with E-state index in [-0.39, 0.29) is 29.3 Å². The van der Waals surface area contributed by atoms with Crippen molar-refractivity contribution in [3.63, 3.8) is 0 Å². The van der Waals surface area contributed by atoms with E-state index < -0.39 is 59.1 Å². The first-order valence-corrected chi connectivity index (χ1v) is 18.4. The van der Waals surface area contributed by atoms with E-state index in [1.54, 1.807) is 6.07 Å². The second-order valence-corrected chi connectivity index (χ2v) is 16.6. The monoisotopic (exact) mass is 699 g/mol. The Morgan fingerprint density at radius 2 is 1.67 bits per heavy atom. The number of ketones is 1. The Morgan fingerprint density at radius 3 is 2.31 bits per heavy atom. The van der Waals surface area contributed by atoms with E-state index in [0.717, 1.165) is 24.0 Å². The van der Waals surface area contributed by atoms with Crippen molar-refractivity contribution < 1.29 is 37.1 Å². The minimum Gasteiger partial charge on any atom is -0.356 e. The SMILES string of the molecule is O=C1NCC[C@H]1C[C@H](NC(=O)[C@@H]1[C@H]2CC[C@H](C2)N1C(=O)[C@@H](NC(=O)C(F)(F)F)C12CC3CC(CC(C3)C1)C2)C(=O)c1nc2ccccc2s1. The van der Waals surface area contributed by atoms with Crippen molar-refractivity contribution in [1.82, 2.24) is 25.8 Å². The van der Waals surface area contributed by atoms with E-state index >= 15 is 0 Å². The van der Waals surface area contributed by atoms with Crippen LogP contribution in [0, 0.1) is 35.0 Å². The molecular weight excluding hydrogens is 659 g/mol. The van der Waals surface area contributed by atoms with Crippen molar-refractivity contribution in [2.45, 2.75) is 101 Å². The summed E-state index contributed by atoms with van der Waals surface area (Å²) in [5.41, 5.74) is -0.155. The summed E-state index contributed by atoms with van der Waals surface area (Å²) in [4.78, 5) is 74.1. The van der Waals surface area contributed by atoms with E-state index in [4.69, 9.17) is 0 Å². The van der Waals surface area contributed by atoms with Crippen molar-refractivity contribution in [2.75, 3.05) is 6.54 Å². The second-order valence-electron chi connectivity index (χ2n) is 15.5. The molecule has 1 aromatic heterocycles. The number of aromatic nitrogens is 1. The van der Waals surface area contributed by atoms with Crippen LogP contribution < -0.4 is 16.0 Å². The zero-order valence-corrected chi connectivity index (χ0v) is 27.8. The molecule has 2 saturated heterocycles. The van der Waals surface area contributed by atoms with Crippen molar-refractivity contribution >= 4 is 51.0 Å². The first-order valence-electron chi connectivity index (χ1n) is 17.6. The average Bonchev–Trinajstić information content (AvgIpc) is 3.85. The number of nitrogens with one attached hydrogen (secondary N) is 3. The van der Waals surface area contributed by atoms with Gasteiger partial charge in [-0.15, -0.1) is 11.3 Å². The number of nitrogens with zero attached hydrogens (tertiary/aromatic N) is 2. The Labute approximate surface area is 285 Å². The topological polar surface area (TPSA) is 138 Å². The summed E-state index contributed by atoms with van der Waals surface area (Å²) in [6.45, 7) is 0.462. The van der Waals surface area contributed by atoms with Gasteiger partial charge in [-0.25, -0.2) is 4.98 Å². The molecule has 10 nitrogen and oxygen atoms in total. The van der Waals surface area contributed by atoms with Crippen LogP contribution in [-0.2, 0) is 19.2 Å². The van der Waals surface area contributed by atoms with Gasteiger partial charge in [-0.05, 0) is 106 Å². The number of Topliss-reactive ketones (excluding diaryl/α,β-unsaturated/α-hetero) is 1. The van der Waals surface area contributed by atoms with Gasteiger partial charge in [0.2, 0.25) is 23.5 Å². The third-order valence-electron chi connectivity index (χ3n) is 12.4. The fourth-order valence-corrected chi connectivity index (χ4v) is 11.7. The molecule has 49 heavy (non-hydrogen) atoms. The Balaban J connectivity index is 1.09. The zero-order valence-electron chi connectivity index (χ0n) is 27.0. The van der Waals surface area contributed by atoms with Gasteiger partial charge in [-0.3, -0.25) is 24.0 Å². The fourth-order valence-electron chi connectivity index (χ4n) is 10.8. The predicted molar refractivity (Wildman–Crippen MR) is 172 cm³/mol. The van der Waals surface area contributed by atoms with E-state index in [1.807, 2.05) is 18.2 Å². The summed E-state index contributed by atoms with van der Waals surface area (Å²) in [5.74, 6) is -3.78. The molecule has 5 saturated carbocycles. The molecule has 3 heterocycles. The number of rotatable bonds is 9. The number of likely N-dealkylation sites (tertiary alicyclic amines) is 1. The van der Waals surface area contributed by atoms with Crippen LogP contribution in [0.5, 0.6) is 0 Å². The van der Waals surface area contributed by atoms with Gasteiger partial charge in [-0.1, -0.05) is 12.1 Å². The zero-order chi connectivity index (χ0) is 34.2. The van der Waals surface area contributed by atoms with E-state index in [2.05, 4.69) is 20.9 Å². The molecule has 14 heteroatoms. The van der Waals surface area contributed by atoms with Gasteiger partial charge in [0.05, 0.1) is 16.3 Å². The number of alkyl halides is 3. The summed E-state index contributed by atoms with van der Waals surface area (Å²) in [6, 6.07) is 3.43. The van der Waals surface area contributed by atoms with Crippen LogP contribution in [0.25, 0.3) is 10.2 Å². The normalized spacial score (nSPS) is 34.2. The average molecular weight is 700 g/mol. The lowest BCUT2D eigenvalue weighted by atomic mass is 9.47. The summed E-state index contributed by atoms with van der Waals surface area (Å²) in [5, 5.41) is 8.03. The van der Waals surface area contributed by atoms with Crippen LogP contribution in [0.4, 0.5) is 13.2 Å². The van der Waals surface area contributed by atoms with E-state index in [9.17, 15) is 37.1 Å². The van der Waals surface area contributed by atoms with Gasteiger partial charge >= 0.3 is 12.1 Å². The third-order valence-corrected chi connectivity index (χ3v) is 13.5. The van der Waals surface area contributed by atoms with Gasteiger partial charge in [0.15, 0.2) is 5.01 Å². The maximum atomic E-state index is 14.7. The van der Waals surface area contributed by atoms with Crippen LogP contribution in [0.15, 0.2) is 24.3 Å². The molecule has 262 valence electrons. The van der Waals surface area contributed by atoms with Crippen molar-refractivity contribution in [1.29, 1.82) is 0 Å². The minimum atomic E-state index is -5.16. The largest absolute Gasteiger partial charge is 0.471 e. The highest BCUT2D eigenvalue weighted by molar-refractivity contribution is 7.20. The lowest BCUT2D eigenvalue weighted by Gasteiger charge is -2.59. The molecule has 3 N–H and O–H groups in total. The molecule has 9 rings (SSSR count). The molecule has 6 atom stereocenters. The second kappa shape index (κ2) is 12.1.